The van der Waals surface area contributed by atoms with Crippen LogP contribution in [-0.2, 0) is 55.2 Å². The van der Waals surface area contributed by atoms with E-state index in [2.05, 4.69) is 0 Å². The fourth-order valence-corrected chi connectivity index (χ4v) is 9.70. The molecule has 5 rings (SSSR count). The Balaban J connectivity index is 1.35. The number of hydrogen-bond donors (Lipinski definition) is 0. The number of methoxy groups -OCH3 is 2. The largest absolute Gasteiger partial charge is 0.744 e. The number of benzene rings is 2. The molecular formula is C38H46ClN2O12S4-. The third-order valence-corrected chi connectivity index (χ3v) is 13.2. The number of anilines is 1. The Bertz CT molecular complexity index is 2190. The van der Waals surface area contributed by atoms with Gasteiger partial charge in [-0.25, -0.2) is 16.8 Å². The average molecular weight is 887 g/mol. The fraction of sp³-hybridized carbons (Fsp3) is 0.447. The molecule has 1 aliphatic heterocycles. The first-order chi connectivity index (χ1) is 27.4. The van der Waals surface area contributed by atoms with Crippen molar-refractivity contribution in [3.63, 3.8) is 0 Å². The zero-order valence-electron chi connectivity index (χ0n) is 31.7. The maximum absolute atomic E-state index is 11.8. The molecule has 2 aromatic carbocycles. The van der Waals surface area contributed by atoms with E-state index in [1.807, 2.05) is 33.8 Å². The van der Waals surface area contributed by atoms with Crippen LogP contribution in [0.5, 0.6) is 0 Å². The molecule has 57 heavy (non-hydrogen) atoms. The monoisotopic (exact) mass is 885 g/mol. The average Bonchev–Trinajstić information content (AvgIpc) is 3.71. The van der Waals surface area contributed by atoms with Gasteiger partial charge in [-0.1, -0.05) is 46.9 Å². The molecule has 1 aromatic heterocycles. The number of halogens is 1. The molecular weight excluding hydrogens is 840 g/mol. The van der Waals surface area contributed by atoms with Gasteiger partial charge in [-0.3, -0.25) is 0 Å². The Morgan fingerprint density at radius 3 is 2.05 bits per heavy atom. The van der Waals surface area contributed by atoms with Gasteiger partial charge in [0, 0.05) is 42.8 Å². The molecule has 3 aromatic rings. The van der Waals surface area contributed by atoms with E-state index < -0.39 is 20.2 Å². The van der Waals surface area contributed by atoms with E-state index in [-0.39, 0.29) is 9.79 Å². The lowest BCUT2D eigenvalue weighted by molar-refractivity contribution is -0.670. The number of rotatable bonds is 23. The maximum Gasteiger partial charge on any atom is 0.262 e. The van der Waals surface area contributed by atoms with Crippen LogP contribution >= 0.6 is 34.7 Å². The molecule has 0 fully saturated rings. The number of aromatic nitrogens is 1. The van der Waals surface area contributed by atoms with Crippen molar-refractivity contribution in [2.24, 2.45) is 0 Å². The second-order valence-electron chi connectivity index (χ2n) is 12.7. The first-order valence-corrected chi connectivity index (χ1v) is 23.0. The maximum atomic E-state index is 11.8. The third-order valence-electron chi connectivity index (χ3n) is 8.82. The van der Waals surface area contributed by atoms with Crippen LogP contribution < -0.4 is 9.47 Å². The van der Waals surface area contributed by atoms with Gasteiger partial charge in [0.15, 0.2) is 6.54 Å². The molecule has 0 atom stereocenters. The topological polar surface area (TPSA) is 177 Å². The minimum atomic E-state index is -4.63. The highest BCUT2D eigenvalue weighted by Crippen LogP contribution is 2.47. The minimum absolute atomic E-state index is 0.292. The van der Waals surface area contributed by atoms with Crippen molar-refractivity contribution in [1.29, 1.82) is 0 Å². The van der Waals surface area contributed by atoms with Crippen LogP contribution in [0.25, 0.3) is 16.3 Å². The molecule has 0 N–H and O–H groups in total. The number of thiazole rings is 1. The van der Waals surface area contributed by atoms with Gasteiger partial charge in [0.1, 0.15) is 31.5 Å². The van der Waals surface area contributed by atoms with Gasteiger partial charge >= 0.3 is 0 Å². The van der Waals surface area contributed by atoms with Gasteiger partial charge in [-0.15, -0.1) is 0 Å². The van der Waals surface area contributed by atoms with Crippen molar-refractivity contribution in [2.75, 3.05) is 91.7 Å². The van der Waals surface area contributed by atoms with Crippen molar-refractivity contribution in [1.82, 2.24) is 0 Å². The van der Waals surface area contributed by atoms with Gasteiger partial charge in [-0.05, 0) is 66.8 Å². The second-order valence-corrected chi connectivity index (χ2v) is 17.9. The summed E-state index contributed by atoms with van der Waals surface area (Å²) < 4.78 is 106. The summed E-state index contributed by atoms with van der Waals surface area (Å²) in [4.78, 5) is 2.08. The molecule has 0 spiro atoms. The number of hydrogen-bond acceptors (Lipinski definition) is 15. The van der Waals surface area contributed by atoms with Crippen LogP contribution in [0.3, 0.4) is 0 Å². The van der Waals surface area contributed by atoms with Gasteiger partial charge in [0.25, 0.3) is 5.01 Å². The van der Waals surface area contributed by atoms with E-state index in [1.54, 1.807) is 26.4 Å². The van der Waals surface area contributed by atoms with Crippen molar-refractivity contribution >= 4 is 76.9 Å². The molecule has 14 nitrogen and oxygen atoms in total. The van der Waals surface area contributed by atoms with Crippen LogP contribution in [0.2, 0.25) is 0 Å². The molecule has 19 heteroatoms. The normalized spacial score (nSPS) is 16.6. The van der Waals surface area contributed by atoms with E-state index in [0.717, 1.165) is 51.6 Å². The number of fused-ring (bicyclic) bond motifs is 2. The Morgan fingerprint density at radius 1 is 0.772 bits per heavy atom. The van der Waals surface area contributed by atoms with Crippen molar-refractivity contribution < 1.29 is 58.9 Å². The van der Waals surface area contributed by atoms with Crippen molar-refractivity contribution in [3.8, 4) is 0 Å². The Hall–Kier alpha value is -2.69. The lowest BCUT2D eigenvalue weighted by atomic mass is 9.94. The van der Waals surface area contributed by atoms with Crippen molar-refractivity contribution in [2.45, 2.75) is 40.5 Å². The zero-order chi connectivity index (χ0) is 40.8. The van der Waals surface area contributed by atoms with Crippen LogP contribution in [-0.4, -0.2) is 113 Å². The highest BCUT2D eigenvalue weighted by molar-refractivity contribution is 8.03. The Morgan fingerprint density at radius 2 is 1.39 bits per heavy atom. The van der Waals surface area contributed by atoms with Crippen LogP contribution in [0.4, 0.5) is 5.69 Å². The summed E-state index contributed by atoms with van der Waals surface area (Å²) in [6, 6.07) is 8.71. The molecule has 0 bridgehead atoms. The summed E-state index contributed by atoms with van der Waals surface area (Å²) in [6.45, 7) is 5.28. The van der Waals surface area contributed by atoms with Gasteiger partial charge in [-0.2, -0.15) is 4.57 Å². The Labute approximate surface area is 347 Å². The molecule has 312 valence electrons. The van der Waals surface area contributed by atoms with Crippen LogP contribution in [0.1, 0.15) is 24.3 Å². The van der Waals surface area contributed by atoms with E-state index in [4.69, 9.17) is 40.0 Å². The summed E-state index contributed by atoms with van der Waals surface area (Å²) in [7, 11) is -6.05. The lowest BCUT2D eigenvalue weighted by Crippen LogP contribution is -2.37. The van der Waals surface area contributed by atoms with Crippen LogP contribution in [0.15, 0.2) is 90.5 Å². The second kappa shape index (κ2) is 22.1. The number of ether oxygens (including phenoxy) is 6. The quantitative estimate of drug-likeness (QED) is 0.0670. The van der Waals surface area contributed by atoms with Gasteiger partial charge in [0.2, 0.25) is 5.52 Å². The predicted octanol–water partition coefficient (Wildman–Crippen LogP) is 5.43. The highest BCUT2D eigenvalue weighted by atomic mass is 35.5. The fourth-order valence-electron chi connectivity index (χ4n) is 5.98. The molecule has 0 unspecified atom stereocenters. The molecule has 0 amide bonds. The number of allylic oxidation sites excluding steroid dienone is 6. The van der Waals surface area contributed by atoms with Gasteiger partial charge in [0.05, 0.1) is 80.0 Å². The molecule has 0 radical (unpaired) electrons. The zero-order valence-corrected chi connectivity index (χ0v) is 35.7. The van der Waals surface area contributed by atoms with Crippen LogP contribution in [0, 0.1) is 0 Å². The molecule has 2 aliphatic rings. The van der Waals surface area contributed by atoms with Gasteiger partial charge < -0.3 is 42.4 Å². The van der Waals surface area contributed by atoms with E-state index >= 15 is 0 Å². The molecule has 1 aliphatic carbocycles. The summed E-state index contributed by atoms with van der Waals surface area (Å²) in [5.74, 6) is 0. The van der Waals surface area contributed by atoms with E-state index in [9.17, 15) is 25.9 Å². The smallest absolute Gasteiger partial charge is 0.262 e. The van der Waals surface area contributed by atoms with E-state index in [0.29, 0.717) is 93.8 Å². The molecule has 2 heterocycles. The summed E-state index contributed by atoms with van der Waals surface area (Å²) in [5.41, 5.74) is 3.38. The van der Waals surface area contributed by atoms with E-state index in [1.165, 1.54) is 47.4 Å². The third kappa shape index (κ3) is 13.2. The first-order valence-electron chi connectivity index (χ1n) is 18.1. The number of nitrogens with zero attached hydrogens (tertiary/aromatic N) is 2. The predicted molar refractivity (Wildman–Crippen MR) is 217 cm³/mol. The minimum Gasteiger partial charge on any atom is -0.744 e. The summed E-state index contributed by atoms with van der Waals surface area (Å²) in [5, 5.41) is 2.25. The van der Waals surface area contributed by atoms with Crippen molar-refractivity contribution in [3.05, 3.63) is 80.8 Å². The molecule has 0 saturated carbocycles. The standard InChI is InChI=1S/C38H47ClN2O12S4/c1-48-18-20-52-24-22-50-16-14-40-32-10-8-30(56(42,43)44)26-34(32)54-36(40)12-6-28-4-3-5-29(38(28)39)7-13-37-41(15-17-51-23-25-53-21-19-49-2)33-11-9-31(57(45,46)47)27-35(33)55-37/h6-13,26-27H,3-5,14-25H2,1-2H3,(H-,42,43,44,45,46,47)/p-1. The summed E-state index contributed by atoms with van der Waals surface area (Å²) in [6.07, 6.45) is 10.1. The first kappa shape index (κ1) is 45.4. The highest BCUT2D eigenvalue weighted by Gasteiger charge is 2.26. The number of thioether (sulfide) groups is 1. The Kier molecular flexibility index (Phi) is 17.6. The SMILES string of the molecule is COCCOCCOCCN1/C(=C/C=C2\CCCC(/C=C/c3sc4cc(S(=O)(=O)[O-])ccc4[n+]3CCOCCOCCOC)=C2Cl)Sc2cc(S(=O)(=O)[O-])ccc21. The summed E-state index contributed by atoms with van der Waals surface area (Å²) >= 11 is 9.76. The lowest BCUT2D eigenvalue weighted by Gasteiger charge is -2.21. The molecule has 0 saturated heterocycles.